The quantitative estimate of drug-likeness (QED) is 0.622. The molecule has 2 radical (unpaired) electrons. The third kappa shape index (κ3) is 2.21. The van der Waals surface area contributed by atoms with Crippen molar-refractivity contribution >= 4 is 37.7 Å². The summed E-state index contributed by atoms with van der Waals surface area (Å²) >= 11 is 6.75. The molecule has 0 aliphatic rings. The summed E-state index contributed by atoms with van der Waals surface area (Å²) in [4.78, 5) is 0. The van der Waals surface area contributed by atoms with Gasteiger partial charge in [0.05, 0.1) is 0 Å². The first-order valence-corrected chi connectivity index (χ1v) is 6.77. The fraction of sp³-hybridized carbons (Fsp3) is 0.182. The van der Waals surface area contributed by atoms with Crippen molar-refractivity contribution in [2.45, 2.75) is 12.8 Å². The van der Waals surface area contributed by atoms with Gasteiger partial charge in [-0.05, 0) is 0 Å². The standard InChI is InChI=1S/C11H9ClNO.Sn.H/c1-8-6-11(14-13-8)10-4-2-9(7-12)3-5-10;;/h2-5H,7H2,1H3;;. The molecule has 0 spiro atoms. The minimum absolute atomic E-state index is 0.545. The average Bonchev–Trinajstić information content (AvgIpc) is 2.60. The Bertz CT molecular complexity index is 464. The van der Waals surface area contributed by atoms with Gasteiger partial charge < -0.3 is 0 Å². The number of aryl methyl sites for hydroxylation is 1. The summed E-state index contributed by atoms with van der Waals surface area (Å²) in [6.45, 7) is 1.97. The summed E-state index contributed by atoms with van der Waals surface area (Å²) in [7, 11) is 0. The van der Waals surface area contributed by atoms with E-state index in [0.29, 0.717) is 5.88 Å². The van der Waals surface area contributed by atoms with Gasteiger partial charge in [0.15, 0.2) is 0 Å². The summed E-state index contributed by atoms with van der Waals surface area (Å²) in [6.07, 6.45) is 0. The Labute approximate surface area is 107 Å². The molecule has 0 aliphatic heterocycles. The number of benzene rings is 1. The van der Waals surface area contributed by atoms with Crippen LogP contribution in [-0.4, -0.2) is 27.7 Å². The summed E-state index contributed by atoms with van der Waals surface area (Å²) in [5.41, 5.74) is 3.19. The van der Waals surface area contributed by atoms with E-state index >= 15 is 0 Å². The molecule has 0 unspecified atom stereocenters. The zero-order valence-corrected chi connectivity index (χ0v) is 12.4. The van der Waals surface area contributed by atoms with Crippen LogP contribution >= 0.6 is 11.6 Å². The third-order valence-corrected chi connectivity index (χ3v) is 4.53. The van der Waals surface area contributed by atoms with Gasteiger partial charge in [0.2, 0.25) is 0 Å². The van der Waals surface area contributed by atoms with E-state index in [1.807, 2.05) is 31.2 Å². The monoisotopic (exact) mass is 327 g/mol. The molecule has 0 N–H and O–H groups in total. The molecule has 2 aromatic rings. The van der Waals surface area contributed by atoms with Crippen molar-refractivity contribution in [1.82, 2.24) is 5.16 Å². The van der Waals surface area contributed by atoms with E-state index in [1.54, 1.807) is 0 Å². The van der Waals surface area contributed by atoms with E-state index in [1.165, 1.54) is 3.58 Å². The van der Waals surface area contributed by atoms with Crippen LogP contribution in [0.25, 0.3) is 11.3 Å². The number of aromatic nitrogens is 1. The Morgan fingerprint density at radius 2 is 2.00 bits per heavy atom. The fourth-order valence-corrected chi connectivity index (χ4v) is 2.28. The van der Waals surface area contributed by atoms with Gasteiger partial charge in [-0.3, -0.25) is 0 Å². The number of rotatable bonds is 2. The van der Waals surface area contributed by atoms with E-state index in [4.69, 9.17) is 16.1 Å². The van der Waals surface area contributed by atoms with Gasteiger partial charge in [-0.15, -0.1) is 0 Å². The number of alkyl halides is 1. The molecule has 0 amide bonds. The van der Waals surface area contributed by atoms with Crippen LogP contribution in [-0.2, 0) is 5.88 Å². The SMILES string of the molecule is Cc1noc(-c2ccc(CCl)cc2)[c]1[SnH]. The molecule has 2 nitrogen and oxygen atoms in total. The van der Waals surface area contributed by atoms with Gasteiger partial charge in [0, 0.05) is 0 Å². The normalized spacial score (nSPS) is 10.6. The maximum atomic E-state index is 5.73. The van der Waals surface area contributed by atoms with E-state index in [9.17, 15) is 0 Å². The molecule has 0 atom stereocenters. The Kier molecular flexibility index (Phi) is 3.36. The predicted octanol–water partition coefficient (Wildman–Crippen LogP) is 1.91. The molecule has 0 saturated carbocycles. The molecule has 76 valence electrons. The van der Waals surface area contributed by atoms with Crippen molar-refractivity contribution in [1.29, 1.82) is 0 Å². The molecule has 4 heteroatoms. The van der Waals surface area contributed by atoms with Crippen LogP contribution < -0.4 is 3.58 Å². The van der Waals surface area contributed by atoms with Crippen LogP contribution in [0.4, 0.5) is 0 Å². The second-order valence-electron chi connectivity index (χ2n) is 3.34. The average molecular weight is 326 g/mol. The summed E-state index contributed by atoms with van der Waals surface area (Å²) in [5.74, 6) is 1.44. The zero-order valence-electron chi connectivity index (χ0n) is 8.33. The van der Waals surface area contributed by atoms with Crippen LogP contribution in [0, 0.1) is 6.92 Å². The van der Waals surface area contributed by atoms with Crippen LogP contribution in [0.5, 0.6) is 0 Å². The molecular weight excluding hydrogens is 316 g/mol. The topological polar surface area (TPSA) is 26.0 Å². The van der Waals surface area contributed by atoms with E-state index in [2.05, 4.69) is 5.16 Å². The molecule has 1 heterocycles. The van der Waals surface area contributed by atoms with E-state index in [0.717, 1.165) is 45.1 Å². The molecular formula is C11H10ClNOSn. The summed E-state index contributed by atoms with van der Waals surface area (Å²) in [5, 5.41) is 3.97. The predicted molar refractivity (Wildman–Crippen MR) is 63.0 cm³/mol. The van der Waals surface area contributed by atoms with Crippen LogP contribution in [0.3, 0.4) is 0 Å². The van der Waals surface area contributed by atoms with Crippen molar-refractivity contribution in [2.75, 3.05) is 0 Å². The second-order valence-corrected chi connectivity index (χ2v) is 5.26. The number of hydrogen-bond acceptors (Lipinski definition) is 2. The minimum atomic E-state index is 0.545. The van der Waals surface area contributed by atoms with Gasteiger partial charge in [0.25, 0.3) is 0 Å². The molecule has 0 bridgehead atoms. The van der Waals surface area contributed by atoms with Gasteiger partial charge in [0.1, 0.15) is 0 Å². The molecule has 0 aliphatic carbocycles. The molecule has 0 saturated heterocycles. The maximum absolute atomic E-state index is 5.73. The molecule has 15 heavy (non-hydrogen) atoms. The van der Waals surface area contributed by atoms with Gasteiger partial charge in [-0.1, -0.05) is 0 Å². The number of hydrogen-bond donors (Lipinski definition) is 0. The van der Waals surface area contributed by atoms with Crippen molar-refractivity contribution < 1.29 is 4.52 Å². The molecule has 0 fully saturated rings. The first-order valence-electron chi connectivity index (χ1n) is 4.59. The Morgan fingerprint density at radius 3 is 2.47 bits per heavy atom. The van der Waals surface area contributed by atoms with Crippen molar-refractivity contribution in [3.8, 4) is 11.3 Å². The van der Waals surface area contributed by atoms with Gasteiger partial charge in [-0.25, -0.2) is 0 Å². The van der Waals surface area contributed by atoms with Gasteiger partial charge in [-0.2, -0.15) is 0 Å². The van der Waals surface area contributed by atoms with Crippen LogP contribution in [0.2, 0.25) is 0 Å². The molecule has 1 aromatic carbocycles. The summed E-state index contributed by atoms with van der Waals surface area (Å²) in [6, 6.07) is 8.08. The molecule has 1 aromatic heterocycles. The molecule has 2 rings (SSSR count). The van der Waals surface area contributed by atoms with Crippen LogP contribution in [0.15, 0.2) is 28.8 Å². The van der Waals surface area contributed by atoms with E-state index in [-0.39, 0.29) is 0 Å². The fourth-order valence-electron chi connectivity index (χ4n) is 1.33. The first kappa shape index (κ1) is 11.0. The van der Waals surface area contributed by atoms with E-state index < -0.39 is 0 Å². The second kappa shape index (κ2) is 4.58. The van der Waals surface area contributed by atoms with Crippen molar-refractivity contribution in [2.24, 2.45) is 0 Å². The Morgan fingerprint density at radius 1 is 1.33 bits per heavy atom. The summed E-state index contributed by atoms with van der Waals surface area (Å²) < 4.78 is 6.53. The number of nitrogens with zero attached hydrogens (tertiary/aromatic N) is 1. The third-order valence-electron chi connectivity index (χ3n) is 2.28. The Hall–Kier alpha value is -0.481. The first-order chi connectivity index (χ1) is 7.22. The zero-order chi connectivity index (χ0) is 10.8. The van der Waals surface area contributed by atoms with Crippen molar-refractivity contribution in [3.05, 3.63) is 35.5 Å². The number of halogens is 1. The van der Waals surface area contributed by atoms with Crippen molar-refractivity contribution in [3.63, 3.8) is 0 Å². The van der Waals surface area contributed by atoms with Crippen LogP contribution in [0.1, 0.15) is 11.3 Å². The van der Waals surface area contributed by atoms with Gasteiger partial charge >= 0.3 is 107 Å². The Balaban J connectivity index is 2.41.